The van der Waals surface area contributed by atoms with Gasteiger partial charge in [0.25, 0.3) is 0 Å². The molecule has 1 unspecified atom stereocenters. The summed E-state index contributed by atoms with van der Waals surface area (Å²) in [4.78, 5) is 0. The van der Waals surface area contributed by atoms with Crippen molar-refractivity contribution >= 4 is 5.69 Å². The molecule has 0 saturated heterocycles. The van der Waals surface area contributed by atoms with E-state index in [1.807, 2.05) is 19.1 Å². The Morgan fingerprint density at radius 3 is 2.76 bits per heavy atom. The number of anilines is 1. The quantitative estimate of drug-likeness (QED) is 0.729. The molecule has 1 aromatic carbocycles. The number of aliphatic hydroxyl groups excluding tert-OH is 1. The first kappa shape index (κ1) is 14.0. The lowest BCUT2D eigenvalue weighted by molar-refractivity contribution is 0.0496. The average Bonchev–Trinajstić information content (AvgIpc) is 2.35. The maximum atomic E-state index is 9.67. The maximum absolute atomic E-state index is 9.67. The lowest BCUT2D eigenvalue weighted by atomic mass is 10.1. The van der Waals surface area contributed by atoms with Crippen molar-refractivity contribution in [2.75, 3.05) is 25.1 Å². The van der Waals surface area contributed by atoms with Crippen molar-refractivity contribution in [3.63, 3.8) is 0 Å². The molecule has 0 aliphatic rings. The molecule has 96 valence electrons. The van der Waals surface area contributed by atoms with Crippen molar-refractivity contribution in [1.82, 2.24) is 0 Å². The Kier molecular flexibility index (Phi) is 6.67. The molecule has 1 atom stereocenters. The van der Waals surface area contributed by atoms with Gasteiger partial charge in [-0.2, -0.15) is 0 Å². The highest BCUT2D eigenvalue weighted by atomic mass is 16.5. The van der Waals surface area contributed by atoms with Gasteiger partial charge in [0, 0.05) is 18.8 Å². The normalized spacial score (nSPS) is 12.4. The number of benzene rings is 1. The van der Waals surface area contributed by atoms with E-state index in [0.29, 0.717) is 19.8 Å². The molecular formula is C14H23NO2. The molecule has 3 heteroatoms. The second-order valence-electron chi connectivity index (χ2n) is 4.10. The smallest absolute Gasteiger partial charge is 0.0945 e. The highest BCUT2D eigenvalue weighted by Crippen LogP contribution is 2.16. The summed E-state index contributed by atoms with van der Waals surface area (Å²) in [5.74, 6) is 0. The molecule has 1 rings (SSSR count). The molecule has 0 spiro atoms. The number of rotatable bonds is 8. The van der Waals surface area contributed by atoms with Gasteiger partial charge in [0.2, 0.25) is 0 Å². The van der Waals surface area contributed by atoms with Crippen LogP contribution in [-0.2, 0) is 11.2 Å². The monoisotopic (exact) mass is 237 g/mol. The van der Waals surface area contributed by atoms with Crippen molar-refractivity contribution in [1.29, 1.82) is 0 Å². The number of aryl methyl sites for hydroxylation is 1. The summed E-state index contributed by atoms with van der Waals surface area (Å²) in [6.07, 6.45) is 1.73. The molecule has 0 bridgehead atoms. The summed E-state index contributed by atoms with van der Waals surface area (Å²) in [5.41, 5.74) is 2.42. The van der Waals surface area contributed by atoms with E-state index in [4.69, 9.17) is 4.74 Å². The molecule has 0 amide bonds. The van der Waals surface area contributed by atoms with Crippen LogP contribution in [0, 0.1) is 0 Å². The van der Waals surface area contributed by atoms with Crippen LogP contribution in [0.25, 0.3) is 0 Å². The van der Waals surface area contributed by atoms with E-state index in [1.165, 1.54) is 5.56 Å². The van der Waals surface area contributed by atoms with Crippen LogP contribution in [0.4, 0.5) is 5.69 Å². The van der Waals surface area contributed by atoms with Gasteiger partial charge in [-0.3, -0.25) is 0 Å². The molecule has 0 fully saturated rings. The van der Waals surface area contributed by atoms with Gasteiger partial charge in [-0.25, -0.2) is 0 Å². The number of aliphatic hydroxyl groups is 1. The standard InChI is InChI=1S/C14H23NO2/c1-3-7-12-8-5-6-9-14(12)15-10-13(16)11-17-4-2/h5-6,8-9,13,15-16H,3-4,7,10-11H2,1-2H3. The summed E-state index contributed by atoms with van der Waals surface area (Å²) >= 11 is 0. The molecule has 3 nitrogen and oxygen atoms in total. The fraction of sp³-hybridized carbons (Fsp3) is 0.571. The molecule has 0 radical (unpaired) electrons. The van der Waals surface area contributed by atoms with Crippen LogP contribution in [0.1, 0.15) is 25.8 Å². The third kappa shape index (κ3) is 5.20. The predicted molar refractivity (Wildman–Crippen MR) is 71.4 cm³/mol. The first-order valence-electron chi connectivity index (χ1n) is 6.35. The van der Waals surface area contributed by atoms with Gasteiger partial charge < -0.3 is 15.2 Å². The van der Waals surface area contributed by atoms with Crippen molar-refractivity contribution < 1.29 is 9.84 Å². The summed E-state index contributed by atoms with van der Waals surface area (Å²) in [7, 11) is 0. The first-order chi connectivity index (χ1) is 8.27. The molecule has 1 aromatic rings. The molecule has 2 N–H and O–H groups in total. The van der Waals surface area contributed by atoms with Crippen LogP contribution < -0.4 is 5.32 Å². The van der Waals surface area contributed by atoms with Crippen LogP contribution in [-0.4, -0.2) is 31.0 Å². The Hall–Kier alpha value is -1.06. The van der Waals surface area contributed by atoms with Crippen LogP contribution >= 0.6 is 0 Å². The number of ether oxygens (including phenoxy) is 1. The maximum Gasteiger partial charge on any atom is 0.0945 e. The highest BCUT2D eigenvalue weighted by Gasteiger charge is 2.05. The minimum absolute atomic E-state index is 0.388. The van der Waals surface area contributed by atoms with Gasteiger partial charge in [-0.1, -0.05) is 31.5 Å². The van der Waals surface area contributed by atoms with Crippen molar-refractivity contribution in [3.05, 3.63) is 29.8 Å². The van der Waals surface area contributed by atoms with Crippen LogP contribution in [0.5, 0.6) is 0 Å². The van der Waals surface area contributed by atoms with Gasteiger partial charge in [-0.15, -0.1) is 0 Å². The fourth-order valence-corrected chi connectivity index (χ4v) is 1.72. The SMILES string of the molecule is CCCc1ccccc1NCC(O)COCC. The lowest BCUT2D eigenvalue weighted by Gasteiger charge is -2.15. The molecule has 0 aliphatic carbocycles. The fourth-order valence-electron chi connectivity index (χ4n) is 1.72. The van der Waals surface area contributed by atoms with E-state index in [1.54, 1.807) is 0 Å². The molecule has 17 heavy (non-hydrogen) atoms. The van der Waals surface area contributed by atoms with Gasteiger partial charge in [-0.05, 0) is 25.0 Å². The van der Waals surface area contributed by atoms with E-state index >= 15 is 0 Å². The topological polar surface area (TPSA) is 41.5 Å². The number of nitrogens with one attached hydrogen (secondary N) is 1. The van der Waals surface area contributed by atoms with E-state index in [0.717, 1.165) is 18.5 Å². The van der Waals surface area contributed by atoms with E-state index in [2.05, 4.69) is 24.4 Å². The Morgan fingerprint density at radius 1 is 1.29 bits per heavy atom. The first-order valence-corrected chi connectivity index (χ1v) is 6.35. The zero-order valence-electron chi connectivity index (χ0n) is 10.8. The van der Waals surface area contributed by atoms with E-state index < -0.39 is 6.10 Å². The van der Waals surface area contributed by atoms with Gasteiger partial charge in [0.15, 0.2) is 0 Å². The molecule has 0 aliphatic heterocycles. The Bertz CT molecular complexity index is 315. The summed E-state index contributed by atoms with van der Waals surface area (Å²) < 4.78 is 5.17. The third-order valence-electron chi connectivity index (χ3n) is 2.58. The van der Waals surface area contributed by atoms with Crippen LogP contribution in [0.2, 0.25) is 0 Å². The van der Waals surface area contributed by atoms with Crippen molar-refractivity contribution in [3.8, 4) is 0 Å². The molecule has 0 aromatic heterocycles. The second-order valence-corrected chi connectivity index (χ2v) is 4.10. The van der Waals surface area contributed by atoms with Crippen molar-refractivity contribution in [2.24, 2.45) is 0 Å². The van der Waals surface area contributed by atoms with Gasteiger partial charge in [0.1, 0.15) is 0 Å². The lowest BCUT2D eigenvalue weighted by Crippen LogP contribution is -2.25. The largest absolute Gasteiger partial charge is 0.389 e. The third-order valence-corrected chi connectivity index (χ3v) is 2.58. The Labute approximate surface area is 104 Å². The summed E-state index contributed by atoms with van der Waals surface area (Å²) in [5, 5.41) is 13.0. The Balaban J connectivity index is 2.44. The minimum Gasteiger partial charge on any atom is -0.389 e. The van der Waals surface area contributed by atoms with Crippen molar-refractivity contribution in [2.45, 2.75) is 32.8 Å². The number of para-hydroxylation sites is 1. The average molecular weight is 237 g/mol. The van der Waals surface area contributed by atoms with Crippen LogP contribution in [0.15, 0.2) is 24.3 Å². The summed E-state index contributed by atoms with van der Waals surface area (Å²) in [6.45, 7) is 5.65. The molecular weight excluding hydrogens is 214 g/mol. The molecule has 0 saturated carbocycles. The Morgan fingerprint density at radius 2 is 2.06 bits per heavy atom. The zero-order chi connectivity index (χ0) is 12.5. The predicted octanol–water partition coefficient (Wildman–Crippen LogP) is 2.45. The number of hydrogen-bond donors (Lipinski definition) is 2. The minimum atomic E-state index is -0.454. The highest BCUT2D eigenvalue weighted by molar-refractivity contribution is 5.51. The van der Waals surface area contributed by atoms with E-state index in [9.17, 15) is 5.11 Å². The molecule has 0 heterocycles. The van der Waals surface area contributed by atoms with Gasteiger partial charge in [0.05, 0.1) is 12.7 Å². The zero-order valence-corrected chi connectivity index (χ0v) is 10.8. The van der Waals surface area contributed by atoms with Gasteiger partial charge >= 0.3 is 0 Å². The number of hydrogen-bond acceptors (Lipinski definition) is 3. The van der Waals surface area contributed by atoms with Crippen LogP contribution in [0.3, 0.4) is 0 Å². The van der Waals surface area contributed by atoms with E-state index in [-0.39, 0.29) is 0 Å². The summed E-state index contributed by atoms with van der Waals surface area (Å²) in [6, 6.07) is 8.24. The second kappa shape index (κ2) is 8.09.